The number of carbonyl (C=O) groups is 2. The number of aliphatic carboxylic acids is 1. The van der Waals surface area contributed by atoms with Crippen LogP contribution in [0.5, 0.6) is 5.75 Å². The van der Waals surface area contributed by atoms with Crippen LogP contribution in [0.1, 0.15) is 23.2 Å². The van der Waals surface area contributed by atoms with Crippen molar-refractivity contribution in [1.29, 1.82) is 0 Å². The molecule has 0 saturated heterocycles. The molecule has 0 aromatic heterocycles. The van der Waals surface area contributed by atoms with E-state index in [4.69, 9.17) is 9.84 Å². The monoisotopic (exact) mass is 296 g/mol. The molecule has 0 amide bonds. The molecule has 0 radical (unpaired) electrons. The van der Waals surface area contributed by atoms with E-state index in [-0.39, 0.29) is 29.8 Å². The van der Waals surface area contributed by atoms with E-state index in [0.717, 1.165) is 6.07 Å². The van der Waals surface area contributed by atoms with Gasteiger partial charge in [-0.25, -0.2) is 0 Å². The van der Waals surface area contributed by atoms with Crippen molar-refractivity contribution >= 4 is 17.4 Å². The summed E-state index contributed by atoms with van der Waals surface area (Å²) >= 11 is 0. The molecule has 8 heteroatoms. The molecule has 0 heterocycles. The fraction of sp³-hybridized carbons (Fsp3) is 0.385. The molecule has 1 aromatic rings. The van der Waals surface area contributed by atoms with Gasteiger partial charge in [0.25, 0.3) is 0 Å². The first-order valence-electron chi connectivity index (χ1n) is 6.16. The predicted octanol–water partition coefficient (Wildman–Crippen LogP) is 1.24. The molecule has 0 fully saturated rings. The first kappa shape index (κ1) is 16.6. The van der Waals surface area contributed by atoms with Crippen molar-refractivity contribution in [3.8, 4) is 5.75 Å². The van der Waals surface area contributed by atoms with E-state index in [1.807, 2.05) is 0 Å². The number of rotatable bonds is 8. The molecule has 0 bridgehead atoms. The minimum absolute atomic E-state index is 0.0584. The van der Waals surface area contributed by atoms with Crippen molar-refractivity contribution < 1.29 is 24.4 Å². The number of Topliss-reactive ketones (excluding diaryl/α,β-unsaturated/α-hetero) is 1. The molecular formula is C13H16N2O6. The third kappa shape index (κ3) is 4.25. The summed E-state index contributed by atoms with van der Waals surface area (Å²) < 4.78 is 4.86. The number of carboxylic acid groups (broad SMARTS) is 1. The maximum atomic E-state index is 12.2. The van der Waals surface area contributed by atoms with E-state index in [1.165, 1.54) is 26.3 Å². The Morgan fingerprint density at radius 2 is 2.14 bits per heavy atom. The van der Waals surface area contributed by atoms with Gasteiger partial charge in [0, 0.05) is 18.1 Å². The average Bonchev–Trinajstić information content (AvgIpc) is 2.46. The zero-order chi connectivity index (χ0) is 16.0. The minimum Gasteiger partial charge on any atom is -0.490 e. The number of nitro groups is 1. The lowest BCUT2D eigenvalue weighted by Crippen LogP contribution is -2.34. The number of nitrogens with zero attached hydrogens (tertiary/aromatic N) is 1. The maximum Gasteiger partial charge on any atom is 0.311 e. The van der Waals surface area contributed by atoms with Crippen LogP contribution in [-0.4, -0.2) is 42.0 Å². The highest BCUT2D eigenvalue weighted by Gasteiger charge is 2.23. The molecule has 0 spiro atoms. The summed E-state index contributed by atoms with van der Waals surface area (Å²) in [6, 6.07) is 3.18. The highest BCUT2D eigenvalue weighted by atomic mass is 16.6. The maximum absolute atomic E-state index is 12.2. The number of nitro benzene ring substituents is 1. The van der Waals surface area contributed by atoms with Gasteiger partial charge in [-0.1, -0.05) is 0 Å². The van der Waals surface area contributed by atoms with Crippen molar-refractivity contribution in [3.05, 3.63) is 33.9 Å². The van der Waals surface area contributed by atoms with Crippen molar-refractivity contribution in [2.45, 2.75) is 18.9 Å². The Kier molecular flexibility index (Phi) is 5.79. The fourth-order valence-electron chi connectivity index (χ4n) is 1.86. The number of hydrogen-bond acceptors (Lipinski definition) is 6. The van der Waals surface area contributed by atoms with E-state index >= 15 is 0 Å². The summed E-state index contributed by atoms with van der Waals surface area (Å²) in [5, 5.41) is 22.3. The Morgan fingerprint density at radius 1 is 1.48 bits per heavy atom. The van der Waals surface area contributed by atoms with Gasteiger partial charge in [0.15, 0.2) is 11.5 Å². The number of methoxy groups -OCH3 is 1. The molecule has 0 aliphatic heterocycles. The Morgan fingerprint density at radius 3 is 2.62 bits per heavy atom. The molecule has 8 nitrogen and oxygen atoms in total. The van der Waals surface area contributed by atoms with Gasteiger partial charge >= 0.3 is 11.7 Å². The first-order chi connectivity index (χ1) is 9.90. The van der Waals surface area contributed by atoms with Gasteiger partial charge in [-0.15, -0.1) is 0 Å². The molecule has 1 rings (SSSR count). The number of ketones is 1. The molecule has 1 aromatic carbocycles. The summed E-state index contributed by atoms with van der Waals surface area (Å²) in [7, 11) is 2.83. The summed E-state index contributed by atoms with van der Waals surface area (Å²) in [6.07, 6.45) is -0.0695. The van der Waals surface area contributed by atoms with E-state index in [0.29, 0.717) is 0 Å². The first-order valence-corrected chi connectivity index (χ1v) is 6.16. The van der Waals surface area contributed by atoms with Crippen LogP contribution < -0.4 is 10.1 Å². The van der Waals surface area contributed by atoms with Gasteiger partial charge < -0.3 is 15.2 Å². The number of likely N-dealkylation sites (N-methyl/N-ethyl adjacent to an activating group) is 1. The lowest BCUT2D eigenvalue weighted by atomic mass is 9.99. The minimum atomic E-state index is -1.01. The summed E-state index contributed by atoms with van der Waals surface area (Å²) in [5.74, 6) is -1.35. The molecule has 1 atom stereocenters. The number of benzene rings is 1. The van der Waals surface area contributed by atoms with Crippen LogP contribution in [0.4, 0.5) is 5.69 Å². The highest BCUT2D eigenvalue weighted by Crippen LogP contribution is 2.28. The van der Waals surface area contributed by atoms with Gasteiger partial charge in [-0.2, -0.15) is 0 Å². The molecule has 114 valence electrons. The Hall–Kier alpha value is -2.48. The van der Waals surface area contributed by atoms with E-state index in [9.17, 15) is 19.7 Å². The van der Waals surface area contributed by atoms with Crippen molar-refractivity contribution in [1.82, 2.24) is 5.32 Å². The van der Waals surface area contributed by atoms with Crippen LogP contribution in [-0.2, 0) is 4.79 Å². The number of hydrogen-bond donors (Lipinski definition) is 2. The Labute approximate surface area is 120 Å². The lowest BCUT2D eigenvalue weighted by molar-refractivity contribution is -0.385. The largest absolute Gasteiger partial charge is 0.490 e. The number of nitrogens with one attached hydrogen (secondary N) is 1. The standard InChI is InChI=1S/C13H16N2O6/c1-14-9(4-6-12(16)17)13(18)8-3-5-11(21-2)10(7-8)15(19)20/h3,5,7,9,14H,4,6H2,1-2H3,(H,16,17). The highest BCUT2D eigenvalue weighted by molar-refractivity contribution is 6.01. The molecule has 0 aliphatic rings. The van der Waals surface area contributed by atoms with Gasteiger partial charge in [0.1, 0.15) is 0 Å². The van der Waals surface area contributed by atoms with E-state index in [1.54, 1.807) is 0 Å². The second-order valence-corrected chi connectivity index (χ2v) is 4.28. The quantitative estimate of drug-likeness (QED) is 0.420. The van der Waals surface area contributed by atoms with Crippen LogP contribution in [0.3, 0.4) is 0 Å². The molecular weight excluding hydrogens is 280 g/mol. The third-order valence-corrected chi connectivity index (χ3v) is 2.97. The lowest BCUT2D eigenvalue weighted by Gasteiger charge is -2.14. The van der Waals surface area contributed by atoms with Crippen molar-refractivity contribution in [2.24, 2.45) is 0 Å². The smallest absolute Gasteiger partial charge is 0.311 e. The summed E-state index contributed by atoms with van der Waals surface area (Å²) in [4.78, 5) is 33.1. The molecule has 0 saturated carbocycles. The van der Waals surface area contributed by atoms with Crippen LogP contribution in [0.15, 0.2) is 18.2 Å². The van der Waals surface area contributed by atoms with Gasteiger partial charge in [-0.05, 0) is 25.6 Å². The number of carbonyl (C=O) groups excluding carboxylic acids is 1. The molecule has 0 aliphatic carbocycles. The van der Waals surface area contributed by atoms with Crippen LogP contribution in [0.2, 0.25) is 0 Å². The predicted molar refractivity (Wildman–Crippen MR) is 73.7 cm³/mol. The summed E-state index contributed by atoms with van der Waals surface area (Å²) in [5.41, 5.74) is -0.177. The van der Waals surface area contributed by atoms with Crippen LogP contribution in [0.25, 0.3) is 0 Å². The average molecular weight is 296 g/mol. The van der Waals surface area contributed by atoms with Crippen molar-refractivity contribution in [3.63, 3.8) is 0 Å². The topological polar surface area (TPSA) is 119 Å². The molecule has 1 unspecified atom stereocenters. The number of ether oxygens (including phenoxy) is 1. The van der Waals surface area contributed by atoms with Gasteiger partial charge in [0.2, 0.25) is 0 Å². The summed E-state index contributed by atoms with van der Waals surface area (Å²) in [6.45, 7) is 0. The van der Waals surface area contributed by atoms with E-state index in [2.05, 4.69) is 5.32 Å². The van der Waals surface area contributed by atoms with Gasteiger partial charge in [-0.3, -0.25) is 19.7 Å². The normalized spacial score (nSPS) is 11.7. The Bertz CT molecular complexity index is 558. The van der Waals surface area contributed by atoms with E-state index < -0.39 is 22.7 Å². The zero-order valence-electron chi connectivity index (χ0n) is 11.7. The second kappa shape index (κ2) is 7.34. The molecule has 2 N–H and O–H groups in total. The SMILES string of the molecule is CNC(CCC(=O)O)C(=O)c1ccc(OC)c([N+](=O)[O-])c1. The zero-order valence-corrected chi connectivity index (χ0v) is 11.7. The Balaban J connectivity index is 3.02. The van der Waals surface area contributed by atoms with Crippen LogP contribution >= 0.6 is 0 Å². The second-order valence-electron chi connectivity index (χ2n) is 4.28. The van der Waals surface area contributed by atoms with Crippen LogP contribution in [0, 0.1) is 10.1 Å². The van der Waals surface area contributed by atoms with Gasteiger partial charge in [0.05, 0.1) is 18.1 Å². The number of carboxylic acids is 1. The third-order valence-electron chi connectivity index (χ3n) is 2.97. The molecule has 21 heavy (non-hydrogen) atoms. The van der Waals surface area contributed by atoms with Crippen molar-refractivity contribution in [2.75, 3.05) is 14.2 Å². The fourth-order valence-corrected chi connectivity index (χ4v) is 1.86.